The molecule has 2 unspecified atom stereocenters. The van der Waals surface area contributed by atoms with Crippen LogP contribution >= 0.6 is 0 Å². The number of halogens is 2. The fraction of sp³-hybridized carbons (Fsp3) is 0.562. The average Bonchev–Trinajstić information content (AvgIpc) is 3.31. The standard InChI is InChI=1S/C32H49F2N7O3S/c1-7-14-39(21-26-10-11-29(33)30(34)20-26)15-12-24(5)41-17-16-40(22-28(41)9-3)25(6)23(4)19-27(8-2)36-32-31(35-13-18-42)37-45(43,44)38-32/h8,10-11,19-20,24,28,42H,6-7,9,12-18,21-22H2,1-5H3,(H,35,37)(H,36,38)/b23-19-,27-8+. The highest BCUT2D eigenvalue weighted by atomic mass is 32.2. The number of rotatable bonds is 15. The summed E-state index contributed by atoms with van der Waals surface area (Å²) in [5.74, 6) is -1.49. The lowest BCUT2D eigenvalue weighted by molar-refractivity contribution is 0.0525. The SMILES string of the molecule is C=C(/C(C)=C\C(=C/C)NC1=NS(=O)(=O)NC1=NCCO)N1CCN(C(C)CCN(CCC)Cc2ccc(F)c(F)c2)C(CC)C1. The molecule has 0 spiro atoms. The monoisotopic (exact) mass is 649 g/mol. The lowest BCUT2D eigenvalue weighted by atomic mass is 10.0. The molecule has 1 fully saturated rings. The number of aliphatic imine (C=N–C) groups is 1. The van der Waals surface area contributed by atoms with Crippen molar-refractivity contribution in [3.8, 4) is 0 Å². The van der Waals surface area contributed by atoms with Gasteiger partial charge >= 0.3 is 10.2 Å². The molecule has 0 amide bonds. The van der Waals surface area contributed by atoms with Crippen LogP contribution in [-0.2, 0) is 16.8 Å². The van der Waals surface area contributed by atoms with Crippen molar-refractivity contribution in [1.82, 2.24) is 24.7 Å². The molecule has 0 aromatic heterocycles. The van der Waals surface area contributed by atoms with E-state index in [2.05, 4.69) is 61.5 Å². The minimum Gasteiger partial charge on any atom is -0.394 e. The summed E-state index contributed by atoms with van der Waals surface area (Å²) in [7, 11) is -3.89. The first-order valence-corrected chi connectivity index (χ1v) is 17.1. The quantitative estimate of drug-likeness (QED) is 0.247. The minimum absolute atomic E-state index is 0.0484. The number of aliphatic hydroxyl groups excluding tert-OH is 1. The van der Waals surface area contributed by atoms with E-state index in [0.717, 1.165) is 68.8 Å². The average molecular weight is 650 g/mol. The topological polar surface area (TPSA) is 113 Å². The predicted octanol–water partition coefficient (Wildman–Crippen LogP) is 3.94. The summed E-state index contributed by atoms with van der Waals surface area (Å²) in [6.45, 7) is 19.5. The van der Waals surface area contributed by atoms with E-state index in [1.54, 1.807) is 6.07 Å². The van der Waals surface area contributed by atoms with Gasteiger partial charge in [0.1, 0.15) is 0 Å². The fourth-order valence-corrected chi connectivity index (χ4v) is 6.50. The summed E-state index contributed by atoms with van der Waals surface area (Å²) >= 11 is 0. The Labute approximate surface area is 267 Å². The van der Waals surface area contributed by atoms with Crippen LogP contribution in [0.4, 0.5) is 8.78 Å². The highest BCUT2D eigenvalue weighted by molar-refractivity contribution is 7.89. The van der Waals surface area contributed by atoms with Crippen molar-refractivity contribution >= 4 is 21.9 Å². The molecule has 0 radical (unpaired) electrons. The van der Waals surface area contributed by atoms with Gasteiger partial charge in [-0.05, 0) is 82.5 Å². The number of nitrogens with zero attached hydrogens (tertiary/aromatic N) is 5. The van der Waals surface area contributed by atoms with Crippen LogP contribution < -0.4 is 10.0 Å². The Morgan fingerprint density at radius 3 is 2.69 bits per heavy atom. The first-order valence-electron chi connectivity index (χ1n) is 15.7. The molecule has 1 saturated heterocycles. The van der Waals surface area contributed by atoms with E-state index in [1.165, 1.54) is 12.1 Å². The smallest absolute Gasteiger partial charge is 0.345 e. The summed E-state index contributed by atoms with van der Waals surface area (Å²) < 4.78 is 57.1. The molecule has 13 heteroatoms. The van der Waals surface area contributed by atoms with E-state index in [1.807, 2.05) is 26.0 Å². The molecule has 250 valence electrons. The maximum absolute atomic E-state index is 13.8. The Hall–Kier alpha value is -3.13. The number of piperazine rings is 1. The lowest BCUT2D eigenvalue weighted by Crippen LogP contribution is -2.55. The number of aliphatic hydroxyl groups is 1. The second kappa shape index (κ2) is 17.0. The molecule has 0 saturated carbocycles. The van der Waals surface area contributed by atoms with Gasteiger partial charge in [-0.25, -0.2) is 13.5 Å². The molecule has 0 bridgehead atoms. The van der Waals surface area contributed by atoms with Gasteiger partial charge in [0.15, 0.2) is 23.3 Å². The summed E-state index contributed by atoms with van der Waals surface area (Å²) in [5, 5.41) is 12.1. The van der Waals surface area contributed by atoms with Crippen LogP contribution in [0.5, 0.6) is 0 Å². The number of allylic oxidation sites excluding steroid dienone is 3. The molecular formula is C32H49F2N7O3S. The second-order valence-corrected chi connectivity index (χ2v) is 12.9. The highest BCUT2D eigenvalue weighted by Gasteiger charge is 2.30. The number of hydrogen-bond donors (Lipinski definition) is 3. The Bertz CT molecular complexity index is 1410. The Kier molecular flexibility index (Phi) is 13.7. The summed E-state index contributed by atoms with van der Waals surface area (Å²) in [6, 6.07) is 4.84. The minimum atomic E-state index is -3.89. The number of nitrogens with one attached hydrogen (secondary N) is 2. The Morgan fingerprint density at radius 2 is 2.04 bits per heavy atom. The van der Waals surface area contributed by atoms with Gasteiger partial charge in [-0.2, -0.15) is 8.42 Å². The molecule has 2 atom stereocenters. The van der Waals surface area contributed by atoms with E-state index in [-0.39, 0.29) is 24.8 Å². The highest BCUT2D eigenvalue weighted by Crippen LogP contribution is 2.24. The number of hydrogen-bond acceptors (Lipinski definition) is 8. The van der Waals surface area contributed by atoms with Crippen molar-refractivity contribution in [2.24, 2.45) is 9.39 Å². The predicted molar refractivity (Wildman–Crippen MR) is 177 cm³/mol. The third-order valence-electron chi connectivity index (χ3n) is 8.17. The third-order valence-corrected chi connectivity index (χ3v) is 9.05. The van der Waals surface area contributed by atoms with Crippen molar-refractivity contribution in [3.63, 3.8) is 0 Å². The van der Waals surface area contributed by atoms with E-state index >= 15 is 0 Å². The zero-order valence-corrected chi connectivity index (χ0v) is 28.0. The lowest BCUT2D eigenvalue weighted by Gasteiger charge is -2.46. The van der Waals surface area contributed by atoms with Crippen LogP contribution in [-0.4, -0.2) is 97.9 Å². The van der Waals surface area contributed by atoms with Gasteiger partial charge in [-0.1, -0.05) is 32.6 Å². The van der Waals surface area contributed by atoms with Gasteiger partial charge in [0, 0.05) is 49.7 Å². The van der Waals surface area contributed by atoms with Crippen molar-refractivity contribution in [1.29, 1.82) is 0 Å². The van der Waals surface area contributed by atoms with E-state index in [9.17, 15) is 17.2 Å². The van der Waals surface area contributed by atoms with Crippen LogP contribution in [0, 0.1) is 11.6 Å². The largest absolute Gasteiger partial charge is 0.394 e. The van der Waals surface area contributed by atoms with Crippen molar-refractivity contribution in [2.45, 2.75) is 72.5 Å². The van der Waals surface area contributed by atoms with Gasteiger partial charge in [0.2, 0.25) is 0 Å². The van der Waals surface area contributed by atoms with Crippen LogP contribution in [0.1, 0.15) is 59.4 Å². The second-order valence-electron chi connectivity index (χ2n) is 11.5. The van der Waals surface area contributed by atoms with Gasteiger partial charge in [0.05, 0.1) is 13.2 Å². The van der Waals surface area contributed by atoms with Gasteiger partial charge in [0.25, 0.3) is 0 Å². The van der Waals surface area contributed by atoms with Gasteiger partial charge < -0.3 is 15.3 Å². The number of amidine groups is 2. The Morgan fingerprint density at radius 1 is 1.29 bits per heavy atom. The van der Waals surface area contributed by atoms with Crippen molar-refractivity contribution in [3.05, 3.63) is 71.1 Å². The van der Waals surface area contributed by atoms with E-state index in [0.29, 0.717) is 24.3 Å². The molecule has 1 aromatic rings. The molecule has 2 heterocycles. The first kappa shape index (κ1) is 36.3. The van der Waals surface area contributed by atoms with Crippen LogP contribution in [0.15, 0.2) is 63.3 Å². The molecule has 45 heavy (non-hydrogen) atoms. The van der Waals surface area contributed by atoms with Crippen LogP contribution in [0.2, 0.25) is 0 Å². The van der Waals surface area contributed by atoms with Crippen molar-refractivity contribution < 1.29 is 22.3 Å². The summed E-state index contributed by atoms with van der Waals surface area (Å²) in [5.41, 5.74) is 3.25. The molecule has 2 aliphatic rings. The molecule has 10 nitrogen and oxygen atoms in total. The molecule has 0 aliphatic carbocycles. The third kappa shape index (κ3) is 10.5. The molecule has 3 rings (SSSR count). The summed E-state index contributed by atoms with van der Waals surface area (Å²) in [4.78, 5) is 11.3. The van der Waals surface area contributed by atoms with Gasteiger partial charge in [-0.15, -0.1) is 4.40 Å². The zero-order valence-electron chi connectivity index (χ0n) is 27.2. The molecule has 3 N–H and O–H groups in total. The zero-order chi connectivity index (χ0) is 33.1. The molecule has 1 aromatic carbocycles. The Balaban J connectivity index is 1.60. The first-order chi connectivity index (χ1) is 21.4. The normalized spacial score (nSPS) is 20.8. The molecule has 2 aliphatic heterocycles. The fourth-order valence-electron chi connectivity index (χ4n) is 5.68. The van der Waals surface area contributed by atoms with Crippen LogP contribution in [0.25, 0.3) is 0 Å². The van der Waals surface area contributed by atoms with Crippen molar-refractivity contribution in [2.75, 3.05) is 45.9 Å². The van der Waals surface area contributed by atoms with E-state index in [4.69, 9.17) is 5.11 Å². The van der Waals surface area contributed by atoms with Crippen LogP contribution in [0.3, 0.4) is 0 Å². The number of benzene rings is 1. The van der Waals surface area contributed by atoms with E-state index < -0.39 is 21.8 Å². The maximum atomic E-state index is 13.8. The molecular weight excluding hydrogens is 600 g/mol. The maximum Gasteiger partial charge on any atom is 0.345 e. The van der Waals surface area contributed by atoms with Gasteiger partial charge in [-0.3, -0.25) is 14.8 Å². The summed E-state index contributed by atoms with van der Waals surface area (Å²) in [6.07, 6.45) is 6.66.